The third kappa shape index (κ3) is 5.23. The van der Waals surface area contributed by atoms with Crippen LogP contribution in [0.25, 0.3) is 0 Å². The SMILES string of the molecule is O=C(NCc1ccccn1)C1CCN(S(=O)(=O)Cc2c(Cl)cccc2Cl)CC1. The van der Waals surface area contributed by atoms with Gasteiger partial charge >= 0.3 is 0 Å². The lowest BCUT2D eigenvalue weighted by molar-refractivity contribution is -0.126. The molecule has 1 amide bonds. The van der Waals surface area contributed by atoms with Crippen molar-refractivity contribution < 1.29 is 13.2 Å². The van der Waals surface area contributed by atoms with Crippen LogP contribution in [0.3, 0.4) is 0 Å². The summed E-state index contributed by atoms with van der Waals surface area (Å²) >= 11 is 12.2. The van der Waals surface area contributed by atoms with Crippen molar-refractivity contribution in [2.45, 2.75) is 25.1 Å². The summed E-state index contributed by atoms with van der Waals surface area (Å²) < 4.78 is 26.9. The lowest BCUT2D eigenvalue weighted by Crippen LogP contribution is -2.43. The molecule has 0 atom stereocenters. The lowest BCUT2D eigenvalue weighted by Gasteiger charge is -2.30. The Morgan fingerprint density at radius 2 is 1.79 bits per heavy atom. The molecule has 3 rings (SSSR count). The molecule has 2 aromatic rings. The number of amides is 1. The molecule has 0 spiro atoms. The van der Waals surface area contributed by atoms with Crippen molar-refractivity contribution in [3.05, 3.63) is 63.9 Å². The average molecular weight is 442 g/mol. The second-order valence-corrected chi connectivity index (χ2v) is 9.45. The van der Waals surface area contributed by atoms with Crippen LogP contribution in [-0.2, 0) is 27.1 Å². The van der Waals surface area contributed by atoms with Crippen LogP contribution in [0.4, 0.5) is 0 Å². The Morgan fingerprint density at radius 1 is 1.11 bits per heavy atom. The Hall–Kier alpha value is -1.67. The lowest BCUT2D eigenvalue weighted by atomic mass is 9.97. The first-order chi connectivity index (χ1) is 13.4. The summed E-state index contributed by atoms with van der Waals surface area (Å²) in [5, 5.41) is 3.54. The van der Waals surface area contributed by atoms with Crippen LogP contribution < -0.4 is 5.32 Å². The highest BCUT2D eigenvalue weighted by Gasteiger charge is 2.31. The maximum absolute atomic E-state index is 12.7. The van der Waals surface area contributed by atoms with E-state index in [2.05, 4.69) is 10.3 Å². The van der Waals surface area contributed by atoms with Gasteiger partial charge in [-0.1, -0.05) is 35.3 Å². The molecule has 1 saturated heterocycles. The van der Waals surface area contributed by atoms with E-state index >= 15 is 0 Å². The molecule has 9 heteroatoms. The molecule has 1 aliphatic heterocycles. The summed E-state index contributed by atoms with van der Waals surface area (Å²) in [6.45, 7) is 0.960. The van der Waals surface area contributed by atoms with Gasteiger partial charge in [0.1, 0.15) is 0 Å². The van der Waals surface area contributed by atoms with E-state index in [1.54, 1.807) is 24.4 Å². The fourth-order valence-electron chi connectivity index (χ4n) is 3.16. The molecule has 1 fully saturated rings. The van der Waals surface area contributed by atoms with Crippen LogP contribution in [0.1, 0.15) is 24.1 Å². The minimum absolute atomic E-state index is 0.0724. The topological polar surface area (TPSA) is 79.4 Å². The minimum atomic E-state index is -3.56. The largest absolute Gasteiger partial charge is 0.350 e. The van der Waals surface area contributed by atoms with E-state index in [-0.39, 0.29) is 17.6 Å². The number of pyridine rings is 1. The summed E-state index contributed by atoms with van der Waals surface area (Å²) in [6, 6.07) is 10.4. The number of piperidine rings is 1. The smallest absolute Gasteiger partial charge is 0.223 e. The van der Waals surface area contributed by atoms with Crippen molar-refractivity contribution in [2.24, 2.45) is 5.92 Å². The van der Waals surface area contributed by atoms with Crippen LogP contribution in [0.15, 0.2) is 42.6 Å². The molecule has 0 radical (unpaired) electrons. The Morgan fingerprint density at radius 3 is 2.39 bits per heavy atom. The highest BCUT2D eigenvalue weighted by Crippen LogP contribution is 2.28. The second-order valence-electron chi connectivity index (χ2n) is 6.67. The van der Waals surface area contributed by atoms with Crippen molar-refractivity contribution in [3.8, 4) is 0 Å². The molecule has 150 valence electrons. The van der Waals surface area contributed by atoms with Gasteiger partial charge < -0.3 is 5.32 Å². The Bertz CT molecular complexity index is 910. The van der Waals surface area contributed by atoms with Crippen LogP contribution in [0.2, 0.25) is 10.0 Å². The molecule has 0 aliphatic carbocycles. The van der Waals surface area contributed by atoms with Gasteiger partial charge in [-0.05, 0) is 37.1 Å². The first-order valence-electron chi connectivity index (χ1n) is 8.95. The number of nitrogens with one attached hydrogen (secondary N) is 1. The zero-order chi connectivity index (χ0) is 20.1. The maximum Gasteiger partial charge on any atom is 0.223 e. The number of carbonyl (C=O) groups excluding carboxylic acids is 1. The molecule has 0 bridgehead atoms. The van der Waals surface area contributed by atoms with Crippen molar-refractivity contribution >= 4 is 39.1 Å². The third-order valence-electron chi connectivity index (χ3n) is 4.78. The molecule has 1 aromatic heterocycles. The number of halogens is 2. The highest BCUT2D eigenvalue weighted by atomic mass is 35.5. The minimum Gasteiger partial charge on any atom is -0.350 e. The van der Waals surface area contributed by atoms with Gasteiger partial charge in [0.2, 0.25) is 15.9 Å². The van der Waals surface area contributed by atoms with Gasteiger partial charge in [-0.2, -0.15) is 0 Å². The molecule has 28 heavy (non-hydrogen) atoms. The van der Waals surface area contributed by atoms with Gasteiger partial charge in [0.25, 0.3) is 0 Å². The normalized spacial score (nSPS) is 16.1. The Balaban J connectivity index is 1.54. The molecule has 6 nitrogen and oxygen atoms in total. The Labute approximate surface area is 174 Å². The van der Waals surface area contributed by atoms with Gasteiger partial charge in [0.15, 0.2) is 0 Å². The number of rotatable bonds is 6. The molecule has 2 heterocycles. The monoisotopic (exact) mass is 441 g/mol. The van der Waals surface area contributed by atoms with Crippen LogP contribution >= 0.6 is 23.2 Å². The number of aromatic nitrogens is 1. The summed E-state index contributed by atoms with van der Waals surface area (Å²) in [5.74, 6) is -0.530. The van der Waals surface area contributed by atoms with Crippen molar-refractivity contribution in [3.63, 3.8) is 0 Å². The molecule has 1 aliphatic rings. The summed E-state index contributed by atoms with van der Waals surface area (Å²) in [4.78, 5) is 16.5. The first-order valence-corrected chi connectivity index (χ1v) is 11.3. The van der Waals surface area contributed by atoms with Gasteiger partial charge in [0, 0.05) is 40.8 Å². The fraction of sp³-hybridized carbons (Fsp3) is 0.368. The van der Waals surface area contributed by atoms with E-state index < -0.39 is 10.0 Å². The number of carbonyl (C=O) groups is 1. The van der Waals surface area contributed by atoms with E-state index in [4.69, 9.17) is 23.2 Å². The van der Waals surface area contributed by atoms with E-state index in [0.29, 0.717) is 48.1 Å². The van der Waals surface area contributed by atoms with Crippen LogP contribution in [-0.4, -0.2) is 36.7 Å². The van der Waals surface area contributed by atoms with Gasteiger partial charge in [0.05, 0.1) is 18.0 Å². The maximum atomic E-state index is 12.7. The van der Waals surface area contributed by atoms with E-state index in [0.717, 1.165) is 5.69 Å². The van der Waals surface area contributed by atoms with Crippen molar-refractivity contribution in [2.75, 3.05) is 13.1 Å². The highest BCUT2D eigenvalue weighted by molar-refractivity contribution is 7.88. The average Bonchev–Trinajstić information content (AvgIpc) is 2.70. The number of nitrogens with zero attached hydrogens (tertiary/aromatic N) is 2. The predicted molar refractivity (Wildman–Crippen MR) is 109 cm³/mol. The van der Waals surface area contributed by atoms with Crippen LogP contribution in [0.5, 0.6) is 0 Å². The quantitative estimate of drug-likeness (QED) is 0.745. The van der Waals surface area contributed by atoms with Gasteiger partial charge in [-0.15, -0.1) is 0 Å². The molecular formula is C19H21Cl2N3O3S. The second kappa shape index (κ2) is 9.22. The summed E-state index contributed by atoms with van der Waals surface area (Å²) in [5.41, 5.74) is 1.19. The zero-order valence-corrected chi connectivity index (χ0v) is 17.5. The number of hydrogen-bond donors (Lipinski definition) is 1. The number of hydrogen-bond acceptors (Lipinski definition) is 4. The number of sulfonamides is 1. The van der Waals surface area contributed by atoms with E-state index in [1.807, 2.05) is 18.2 Å². The zero-order valence-electron chi connectivity index (χ0n) is 15.1. The van der Waals surface area contributed by atoms with Crippen molar-refractivity contribution in [1.29, 1.82) is 0 Å². The van der Waals surface area contributed by atoms with E-state index in [1.165, 1.54) is 4.31 Å². The van der Waals surface area contributed by atoms with Gasteiger partial charge in [-0.25, -0.2) is 12.7 Å². The fourth-order valence-corrected chi connectivity index (χ4v) is 5.48. The molecular weight excluding hydrogens is 421 g/mol. The molecule has 0 unspecified atom stereocenters. The number of benzene rings is 1. The molecule has 1 aromatic carbocycles. The summed E-state index contributed by atoms with van der Waals surface area (Å²) in [6.07, 6.45) is 2.63. The van der Waals surface area contributed by atoms with Crippen molar-refractivity contribution in [1.82, 2.24) is 14.6 Å². The van der Waals surface area contributed by atoms with E-state index in [9.17, 15) is 13.2 Å². The Kier molecular flexibility index (Phi) is 6.93. The first kappa shape index (κ1) is 21.0. The van der Waals surface area contributed by atoms with Crippen LogP contribution in [0, 0.1) is 5.92 Å². The molecule has 1 N–H and O–H groups in total. The molecule has 0 saturated carbocycles. The van der Waals surface area contributed by atoms with Gasteiger partial charge in [-0.3, -0.25) is 9.78 Å². The predicted octanol–water partition coefficient (Wildman–Crippen LogP) is 3.25. The summed E-state index contributed by atoms with van der Waals surface area (Å²) in [7, 11) is -3.56. The third-order valence-corrected chi connectivity index (χ3v) is 7.29. The standard InChI is InChI=1S/C19H21Cl2N3O3S/c20-17-5-3-6-18(21)16(17)13-28(26,27)24-10-7-14(8-11-24)19(25)23-12-15-4-1-2-9-22-15/h1-6,9,14H,7-8,10-13H2,(H,23,25).